The molecular weight excluding hydrogens is 398 g/mol. The number of hydrogen-bond acceptors (Lipinski definition) is 6. The lowest BCUT2D eigenvalue weighted by atomic mass is 10.1. The van der Waals surface area contributed by atoms with E-state index in [0.29, 0.717) is 18.2 Å². The van der Waals surface area contributed by atoms with Crippen LogP contribution in [0.1, 0.15) is 31.0 Å². The molecule has 1 N–H and O–H groups in total. The van der Waals surface area contributed by atoms with Crippen molar-refractivity contribution in [3.63, 3.8) is 0 Å². The van der Waals surface area contributed by atoms with E-state index in [4.69, 9.17) is 9.40 Å². The summed E-state index contributed by atoms with van der Waals surface area (Å²) in [5, 5.41) is 14.9. The van der Waals surface area contributed by atoms with E-state index < -0.39 is 0 Å². The lowest BCUT2D eigenvalue weighted by Gasteiger charge is -2.11. The Labute approximate surface area is 177 Å². The fraction of sp³-hybridized carbons (Fsp3) is 0.273. The first-order valence-corrected chi connectivity index (χ1v) is 11.0. The van der Waals surface area contributed by atoms with Crippen LogP contribution in [0.25, 0.3) is 22.7 Å². The summed E-state index contributed by atoms with van der Waals surface area (Å²) in [5.41, 5.74) is 3.71. The largest absolute Gasteiger partial charge is 0.421 e. The van der Waals surface area contributed by atoms with Crippen LogP contribution < -0.4 is 5.32 Å². The van der Waals surface area contributed by atoms with Crippen molar-refractivity contribution in [2.75, 3.05) is 5.32 Å². The minimum Gasteiger partial charge on any atom is -0.421 e. The van der Waals surface area contributed by atoms with E-state index in [1.165, 1.54) is 12.8 Å². The number of aryl methyl sites for hydroxylation is 3. The predicted octanol–water partition coefficient (Wildman–Crippen LogP) is 4.57. The van der Waals surface area contributed by atoms with Gasteiger partial charge in [-0.1, -0.05) is 12.1 Å². The first kappa shape index (κ1) is 18.7. The summed E-state index contributed by atoms with van der Waals surface area (Å²) in [7, 11) is 0. The van der Waals surface area contributed by atoms with Gasteiger partial charge in [0.25, 0.3) is 0 Å². The Kier molecular flexibility index (Phi) is 5.15. The van der Waals surface area contributed by atoms with Gasteiger partial charge in [0.15, 0.2) is 0 Å². The molecule has 4 heterocycles. The van der Waals surface area contributed by atoms with Crippen LogP contribution in [0.2, 0.25) is 0 Å². The number of fused-ring (bicyclic) bond motifs is 1. The maximum atomic E-state index is 12.3. The molecule has 8 heteroatoms. The van der Waals surface area contributed by atoms with Crippen molar-refractivity contribution in [1.82, 2.24) is 19.7 Å². The Balaban J connectivity index is 1.17. The number of carbonyl (C=O) groups excluding carboxylic acids is 1. The summed E-state index contributed by atoms with van der Waals surface area (Å²) >= 11 is 1.57. The van der Waals surface area contributed by atoms with Gasteiger partial charge in [0.1, 0.15) is 5.82 Å². The zero-order chi connectivity index (χ0) is 20.3. The Hall–Kier alpha value is -3.26. The number of amides is 1. The molecule has 1 aliphatic rings. The predicted molar refractivity (Wildman–Crippen MR) is 115 cm³/mol. The Morgan fingerprint density at radius 1 is 1.13 bits per heavy atom. The lowest BCUT2D eigenvalue weighted by molar-refractivity contribution is -0.116. The Bertz CT molecular complexity index is 1120. The SMILES string of the molecule is O=C(CCc1nnc(-c2ccsc2)o1)Nc1ccc(-c2cn3c(n2)CCCC3)cc1. The molecule has 152 valence electrons. The first-order valence-electron chi connectivity index (χ1n) is 10.1. The van der Waals surface area contributed by atoms with Gasteiger partial charge >= 0.3 is 0 Å². The fourth-order valence-electron chi connectivity index (χ4n) is 3.58. The second kappa shape index (κ2) is 8.23. The van der Waals surface area contributed by atoms with Gasteiger partial charge in [-0.05, 0) is 36.4 Å². The summed E-state index contributed by atoms with van der Waals surface area (Å²) in [6, 6.07) is 9.74. The van der Waals surface area contributed by atoms with Crippen LogP contribution in [0.15, 0.2) is 51.7 Å². The van der Waals surface area contributed by atoms with E-state index in [2.05, 4.69) is 26.3 Å². The molecule has 1 aliphatic heterocycles. The number of nitrogens with one attached hydrogen (secondary N) is 1. The molecule has 0 spiro atoms. The van der Waals surface area contributed by atoms with Gasteiger partial charge in [0.05, 0.1) is 5.69 Å². The van der Waals surface area contributed by atoms with Crippen molar-refractivity contribution in [2.45, 2.75) is 38.6 Å². The molecule has 30 heavy (non-hydrogen) atoms. The lowest BCUT2D eigenvalue weighted by Crippen LogP contribution is -2.12. The van der Waals surface area contributed by atoms with Crippen molar-refractivity contribution in [3.05, 3.63) is 59.0 Å². The highest BCUT2D eigenvalue weighted by Crippen LogP contribution is 2.24. The standard InChI is InChI=1S/C22H21N5O2S/c28-20(8-9-21-25-26-22(29-21)16-10-12-30-14-16)23-17-6-4-15(5-7-17)18-13-27-11-2-1-3-19(27)24-18/h4-7,10,12-14H,1-3,8-9,11H2,(H,23,28). The second-order valence-corrected chi connectivity index (χ2v) is 8.11. The molecule has 0 bridgehead atoms. The summed E-state index contributed by atoms with van der Waals surface area (Å²) < 4.78 is 7.87. The molecule has 1 amide bonds. The number of hydrogen-bond donors (Lipinski definition) is 1. The van der Waals surface area contributed by atoms with E-state index in [1.54, 1.807) is 11.3 Å². The maximum Gasteiger partial charge on any atom is 0.248 e. The summed E-state index contributed by atoms with van der Waals surface area (Å²) in [4.78, 5) is 17.0. The van der Waals surface area contributed by atoms with Crippen LogP contribution in [0, 0.1) is 0 Å². The van der Waals surface area contributed by atoms with Crippen LogP contribution in [0.5, 0.6) is 0 Å². The van der Waals surface area contributed by atoms with E-state index in [9.17, 15) is 4.79 Å². The Morgan fingerprint density at radius 2 is 2.03 bits per heavy atom. The van der Waals surface area contributed by atoms with Gasteiger partial charge in [-0.2, -0.15) is 11.3 Å². The van der Waals surface area contributed by atoms with Gasteiger partial charge in [-0.25, -0.2) is 4.98 Å². The second-order valence-electron chi connectivity index (χ2n) is 7.33. The normalized spacial score (nSPS) is 13.2. The third-order valence-electron chi connectivity index (χ3n) is 5.17. The van der Waals surface area contributed by atoms with Crippen LogP contribution >= 0.6 is 11.3 Å². The molecule has 5 rings (SSSR count). The highest BCUT2D eigenvalue weighted by atomic mass is 32.1. The highest BCUT2D eigenvalue weighted by molar-refractivity contribution is 7.08. The van der Waals surface area contributed by atoms with Crippen LogP contribution in [-0.4, -0.2) is 25.7 Å². The van der Waals surface area contributed by atoms with Gasteiger partial charge < -0.3 is 14.3 Å². The van der Waals surface area contributed by atoms with Crippen molar-refractivity contribution >= 4 is 22.9 Å². The molecule has 0 aliphatic carbocycles. The number of nitrogens with zero attached hydrogens (tertiary/aromatic N) is 4. The number of aromatic nitrogens is 4. The van der Waals surface area contributed by atoms with Crippen molar-refractivity contribution in [2.24, 2.45) is 0 Å². The number of benzene rings is 1. The number of imidazole rings is 1. The van der Waals surface area contributed by atoms with Crippen molar-refractivity contribution in [1.29, 1.82) is 0 Å². The minimum atomic E-state index is -0.0875. The summed E-state index contributed by atoms with van der Waals surface area (Å²) in [6.45, 7) is 1.05. The number of anilines is 1. The van der Waals surface area contributed by atoms with Crippen molar-refractivity contribution < 1.29 is 9.21 Å². The molecule has 0 unspecified atom stereocenters. The molecule has 0 radical (unpaired) electrons. The highest BCUT2D eigenvalue weighted by Gasteiger charge is 2.14. The minimum absolute atomic E-state index is 0.0875. The number of thiophene rings is 1. The molecule has 7 nitrogen and oxygen atoms in total. The van der Waals surface area contributed by atoms with E-state index in [1.807, 2.05) is 41.1 Å². The number of rotatable bonds is 6. The number of carbonyl (C=O) groups is 1. The molecular formula is C22H21N5O2S. The van der Waals surface area contributed by atoms with Gasteiger partial charge in [0.2, 0.25) is 17.7 Å². The summed E-state index contributed by atoms with van der Waals surface area (Å²) in [6.07, 6.45) is 6.27. The van der Waals surface area contributed by atoms with E-state index >= 15 is 0 Å². The van der Waals surface area contributed by atoms with E-state index in [-0.39, 0.29) is 12.3 Å². The average Bonchev–Trinajstić information content (AvgIpc) is 3.53. The van der Waals surface area contributed by atoms with Gasteiger partial charge in [-0.3, -0.25) is 4.79 Å². The molecule has 0 saturated carbocycles. The zero-order valence-corrected chi connectivity index (χ0v) is 17.2. The third kappa shape index (κ3) is 4.04. The van der Waals surface area contributed by atoms with Gasteiger partial charge in [-0.15, -0.1) is 10.2 Å². The monoisotopic (exact) mass is 419 g/mol. The van der Waals surface area contributed by atoms with Gasteiger partial charge in [0, 0.05) is 54.2 Å². The molecule has 0 fully saturated rings. The van der Waals surface area contributed by atoms with Crippen LogP contribution in [0.4, 0.5) is 5.69 Å². The molecule has 3 aromatic heterocycles. The zero-order valence-electron chi connectivity index (χ0n) is 16.4. The third-order valence-corrected chi connectivity index (χ3v) is 5.86. The summed E-state index contributed by atoms with van der Waals surface area (Å²) in [5.74, 6) is 2.03. The van der Waals surface area contributed by atoms with Crippen LogP contribution in [0.3, 0.4) is 0 Å². The molecule has 4 aromatic rings. The smallest absolute Gasteiger partial charge is 0.248 e. The van der Waals surface area contributed by atoms with Crippen LogP contribution in [-0.2, 0) is 24.2 Å². The molecule has 0 saturated heterocycles. The molecule has 0 atom stereocenters. The van der Waals surface area contributed by atoms with E-state index in [0.717, 1.165) is 41.3 Å². The topological polar surface area (TPSA) is 85.8 Å². The quantitative estimate of drug-likeness (QED) is 0.495. The molecule has 1 aromatic carbocycles. The fourth-order valence-corrected chi connectivity index (χ4v) is 4.21. The first-order chi connectivity index (χ1) is 14.7. The van der Waals surface area contributed by atoms with Crippen molar-refractivity contribution in [3.8, 4) is 22.7 Å². The average molecular weight is 420 g/mol. The maximum absolute atomic E-state index is 12.3. The Morgan fingerprint density at radius 3 is 2.83 bits per heavy atom.